The molecule has 1 aliphatic rings. The molecule has 0 atom stereocenters. The first-order valence-electron chi connectivity index (χ1n) is 7.32. The molecule has 0 radical (unpaired) electrons. The van der Waals surface area contributed by atoms with Crippen molar-refractivity contribution in [3.8, 4) is 0 Å². The fourth-order valence-corrected chi connectivity index (χ4v) is 3.07. The first-order valence-corrected chi connectivity index (χ1v) is 8.13. The van der Waals surface area contributed by atoms with Crippen molar-refractivity contribution in [2.24, 2.45) is 4.99 Å². The van der Waals surface area contributed by atoms with E-state index < -0.39 is 0 Å². The average molecular weight is 327 g/mol. The maximum absolute atomic E-state index is 12.5. The minimum atomic E-state index is -0.0330. The molecule has 2 rings (SSSR count). The summed E-state index contributed by atoms with van der Waals surface area (Å²) in [6.45, 7) is 8.32. The largest absolute Gasteiger partial charge is 0.378 e. The van der Waals surface area contributed by atoms with Gasteiger partial charge >= 0.3 is 0 Å². The molecule has 120 valence electrons. The normalized spacial score (nSPS) is 17.8. The Kier molecular flexibility index (Phi) is 5.82. The minimum absolute atomic E-state index is 0.0330. The number of aliphatic imine (C=N–C) groups is 1. The van der Waals surface area contributed by atoms with Crippen molar-refractivity contribution in [1.29, 1.82) is 0 Å². The molecule has 1 saturated heterocycles. The summed E-state index contributed by atoms with van der Waals surface area (Å²) in [4.78, 5) is 21.3. The highest BCUT2D eigenvalue weighted by Gasteiger charge is 2.32. The predicted octanol–water partition coefficient (Wildman–Crippen LogP) is 3.40. The average Bonchev–Trinajstić information content (AvgIpc) is 2.82. The highest BCUT2D eigenvalue weighted by Crippen LogP contribution is 2.32. The SMILES string of the molecule is C=CCN=C1S/C(=C/c2ccc(N(C)C)cc2)C(=O)N1CC=C. The zero-order valence-electron chi connectivity index (χ0n) is 13.5. The number of carbonyl (C=O) groups excluding carboxylic acids is 1. The molecule has 0 aliphatic carbocycles. The van der Waals surface area contributed by atoms with Crippen LogP contribution in [0.25, 0.3) is 6.08 Å². The van der Waals surface area contributed by atoms with Crippen LogP contribution in [-0.2, 0) is 4.79 Å². The number of amides is 1. The van der Waals surface area contributed by atoms with Gasteiger partial charge in [0.1, 0.15) is 0 Å². The summed E-state index contributed by atoms with van der Waals surface area (Å²) in [5, 5.41) is 0.700. The van der Waals surface area contributed by atoms with E-state index >= 15 is 0 Å². The molecular formula is C18H21N3OS. The van der Waals surface area contributed by atoms with Gasteiger partial charge in [-0.05, 0) is 35.5 Å². The summed E-state index contributed by atoms with van der Waals surface area (Å²) < 4.78 is 0. The van der Waals surface area contributed by atoms with E-state index in [1.165, 1.54) is 11.8 Å². The van der Waals surface area contributed by atoms with Crippen molar-refractivity contribution in [3.05, 3.63) is 60.0 Å². The van der Waals surface area contributed by atoms with Gasteiger partial charge in [-0.1, -0.05) is 24.3 Å². The second-order valence-corrected chi connectivity index (χ2v) is 6.22. The van der Waals surface area contributed by atoms with Gasteiger partial charge in [0.05, 0.1) is 11.4 Å². The zero-order chi connectivity index (χ0) is 16.8. The summed E-state index contributed by atoms with van der Waals surface area (Å²) in [5.74, 6) is -0.0330. The van der Waals surface area contributed by atoms with Gasteiger partial charge in [-0.2, -0.15) is 0 Å². The Morgan fingerprint density at radius 3 is 2.48 bits per heavy atom. The summed E-state index contributed by atoms with van der Waals surface area (Å²) >= 11 is 1.39. The number of carbonyl (C=O) groups is 1. The molecule has 4 nitrogen and oxygen atoms in total. The summed E-state index contributed by atoms with van der Waals surface area (Å²) in [5.41, 5.74) is 2.12. The van der Waals surface area contributed by atoms with Crippen molar-refractivity contribution < 1.29 is 4.79 Å². The van der Waals surface area contributed by atoms with Crippen LogP contribution in [0, 0.1) is 0 Å². The van der Waals surface area contributed by atoms with Gasteiger partial charge in [0.2, 0.25) is 0 Å². The van der Waals surface area contributed by atoms with Gasteiger partial charge in [-0.15, -0.1) is 13.2 Å². The number of rotatable bonds is 6. The van der Waals surface area contributed by atoms with E-state index in [1.54, 1.807) is 17.1 Å². The number of anilines is 1. The van der Waals surface area contributed by atoms with Gasteiger partial charge in [0, 0.05) is 26.3 Å². The molecule has 1 aromatic carbocycles. The van der Waals surface area contributed by atoms with Crippen LogP contribution in [0.4, 0.5) is 5.69 Å². The van der Waals surface area contributed by atoms with Crippen LogP contribution in [0.5, 0.6) is 0 Å². The van der Waals surface area contributed by atoms with Crippen LogP contribution in [0.3, 0.4) is 0 Å². The van der Waals surface area contributed by atoms with Crippen LogP contribution in [0.1, 0.15) is 5.56 Å². The number of amidine groups is 1. The van der Waals surface area contributed by atoms with E-state index in [2.05, 4.69) is 18.2 Å². The predicted molar refractivity (Wildman–Crippen MR) is 101 cm³/mol. The van der Waals surface area contributed by atoms with Crippen molar-refractivity contribution in [2.45, 2.75) is 0 Å². The molecule has 0 bridgehead atoms. The van der Waals surface area contributed by atoms with E-state index in [0.717, 1.165) is 11.3 Å². The standard InChI is InChI=1S/C18H21N3OS/c1-5-11-19-18-21(12-6-2)17(22)16(23-18)13-14-7-9-15(10-8-14)20(3)4/h5-10,13H,1-2,11-12H2,3-4H3/b16-13+,19-18?. The third-order valence-corrected chi connectivity index (χ3v) is 4.31. The van der Waals surface area contributed by atoms with E-state index in [4.69, 9.17) is 0 Å². The second-order valence-electron chi connectivity index (χ2n) is 5.21. The Bertz CT molecular complexity index is 659. The van der Waals surface area contributed by atoms with Gasteiger partial charge in [0.25, 0.3) is 5.91 Å². The van der Waals surface area contributed by atoms with Crippen LogP contribution in [0.2, 0.25) is 0 Å². The monoisotopic (exact) mass is 327 g/mol. The van der Waals surface area contributed by atoms with Gasteiger partial charge in [0.15, 0.2) is 5.17 Å². The third kappa shape index (κ3) is 4.13. The Morgan fingerprint density at radius 2 is 1.91 bits per heavy atom. The van der Waals surface area contributed by atoms with Crippen molar-refractivity contribution >= 4 is 34.6 Å². The van der Waals surface area contributed by atoms with Gasteiger partial charge in [-0.3, -0.25) is 14.7 Å². The molecule has 0 saturated carbocycles. The molecule has 5 heteroatoms. The molecule has 0 N–H and O–H groups in total. The number of benzene rings is 1. The Balaban J connectivity index is 2.26. The lowest BCUT2D eigenvalue weighted by Crippen LogP contribution is -2.29. The maximum atomic E-state index is 12.5. The molecule has 0 spiro atoms. The topological polar surface area (TPSA) is 35.9 Å². The van der Waals surface area contributed by atoms with Gasteiger partial charge in [-0.25, -0.2) is 0 Å². The number of thioether (sulfide) groups is 1. The minimum Gasteiger partial charge on any atom is -0.378 e. The molecule has 23 heavy (non-hydrogen) atoms. The number of nitrogens with zero attached hydrogens (tertiary/aromatic N) is 3. The first-order chi connectivity index (χ1) is 11.1. The fourth-order valence-electron chi connectivity index (χ4n) is 2.08. The second kappa shape index (κ2) is 7.83. The molecule has 1 amide bonds. The summed E-state index contributed by atoms with van der Waals surface area (Å²) in [7, 11) is 4.00. The summed E-state index contributed by atoms with van der Waals surface area (Å²) in [6.07, 6.45) is 5.32. The molecule has 1 aromatic rings. The summed E-state index contributed by atoms with van der Waals surface area (Å²) in [6, 6.07) is 8.08. The van der Waals surface area contributed by atoms with Crippen LogP contribution >= 0.6 is 11.8 Å². The molecule has 1 fully saturated rings. The molecule has 1 heterocycles. The molecular weight excluding hydrogens is 306 g/mol. The Hall–Kier alpha value is -2.27. The molecule has 0 aromatic heterocycles. The lowest BCUT2D eigenvalue weighted by Gasteiger charge is -2.12. The van der Waals surface area contributed by atoms with Crippen molar-refractivity contribution in [3.63, 3.8) is 0 Å². The first kappa shape index (κ1) is 17.1. The van der Waals surface area contributed by atoms with E-state index in [-0.39, 0.29) is 5.91 Å². The lowest BCUT2D eigenvalue weighted by molar-refractivity contribution is -0.121. The fraction of sp³-hybridized carbons (Fsp3) is 0.222. The van der Waals surface area contributed by atoms with E-state index in [9.17, 15) is 4.79 Å². The quantitative estimate of drug-likeness (QED) is 0.593. The van der Waals surface area contributed by atoms with E-state index in [0.29, 0.717) is 23.2 Å². The third-order valence-electron chi connectivity index (χ3n) is 3.26. The van der Waals surface area contributed by atoms with Crippen molar-refractivity contribution in [1.82, 2.24) is 4.90 Å². The number of hydrogen-bond acceptors (Lipinski definition) is 4. The van der Waals surface area contributed by atoms with E-state index in [1.807, 2.05) is 49.3 Å². The Labute approximate surface area is 141 Å². The van der Waals surface area contributed by atoms with Crippen LogP contribution in [-0.4, -0.2) is 43.2 Å². The maximum Gasteiger partial charge on any atom is 0.267 e. The van der Waals surface area contributed by atoms with Crippen molar-refractivity contribution in [2.75, 3.05) is 32.1 Å². The van der Waals surface area contributed by atoms with Gasteiger partial charge < -0.3 is 4.90 Å². The van der Waals surface area contributed by atoms with Crippen LogP contribution < -0.4 is 4.90 Å². The molecule has 1 aliphatic heterocycles. The highest BCUT2D eigenvalue weighted by atomic mass is 32.2. The zero-order valence-corrected chi connectivity index (χ0v) is 14.3. The Morgan fingerprint density at radius 1 is 1.22 bits per heavy atom. The smallest absolute Gasteiger partial charge is 0.267 e. The lowest BCUT2D eigenvalue weighted by atomic mass is 10.2. The molecule has 0 unspecified atom stereocenters. The van der Waals surface area contributed by atoms with Crippen LogP contribution in [0.15, 0.2) is 59.5 Å². The highest BCUT2D eigenvalue weighted by molar-refractivity contribution is 8.18. The number of hydrogen-bond donors (Lipinski definition) is 0.